The van der Waals surface area contributed by atoms with E-state index in [1.807, 2.05) is 75.4 Å². The van der Waals surface area contributed by atoms with Crippen molar-refractivity contribution in [1.82, 2.24) is 9.78 Å². The van der Waals surface area contributed by atoms with Gasteiger partial charge in [0.1, 0.15) is 5.60 Å². The fraction of sp³-hybridized carbons (Fsp3) is 0.192. The van der Waals surface area contributed by atoms with Gasteiger partial charge in [0.15, 0.2) is 0 Å². The monoisotopic (exact) mass is 459 g/mol. The molecule has 4 aromatic rings. The van der Waals surface area contributed by atoms with E-state index in [1.54, 1.807) is 24.0 Å². The molecule has 0 unspecified atom stereocenters. The number of fused-ring (bicyclic) bond motifs is 1. The smallest absolute Gasteiger partial charge is 0.412 e. The van der Waals surface area contributed by atoms with Crippen LogP contribution in [0.5, 0.6) is 0 Å². The molecule has 1 amide bonds. The summed E-state index contributed by atoms with van der Waals surface area (Å²) in [7, 11) is 0. The number of rotatable bonds is 5. The maximum atomic E-state index is 13.0. The Bertz CT molecular complexity index is 1340. The molecule has 3 aromatic carbocycles. The van der Waals surface area contributed by atoms with E-state index in [0.29, 0.717) is 17.6 Å². The Hall–Kier alpha value is -3.58. The van der Waals surface area contributed by atoms with Gasteiger partial charge < -0.3 is 4.74 Å². The van der Waals surface area contributed by atoms with Gasteiger partial charge in [-0.05, 0) is 68.8 Å². The first-order valence-electron chi connectivity index (χ1n) is 10.6. The van der Waals surface area contributed by atoms with Crippen LogP contribution in [-0.2, 0) is 11.3 Å². The predicted octanol–water partition coefficient (Wildman–Crippen LogP) is 5.94. The second kappa shape index (κ2) is 9.50. The van der Waals surface area contributed by atoms with E-state index >= 15 is 0 Å². The molecule has 0 aliphatic carbocycles. The lowest BCUT2D eigenvalue weighted by Crippen LogP contribution is -2.27. The summed E-state index contributed by atoms with van der Waals surface area (Å²) in [6, 6.07) is 23.2. The zero-order valence-electron chi connectivity index (χ0n) is 18.7. The number of anilines is 1. The minimum atomic E-state index is -0.580. The third-order valence-electron chi connectivity index (χ3n) is 4.71. The Morgan fingerprint density at radius 3 is 2.55 bits per heavy atom. The molecule has 168 valence electrons. The molecule has 33 heavy (non-hydrogen) atoms. The second-order valence-corrected chi connectivity index (χ2v) is 9.75. The van der Waals surface area contributed by atoms with Crippen molar-refractivity contribution in [1.29, 1.82) is 0 Å². The summed E-state index contributed by atoms with van der Waals surface area (Å²) in [5, 5.41) is 8.51. The van der Waals surface area contributed by atoms with E-state index in [-0.39, 0.29) is 5.56 Å². The van der Waals surface area contributed by atoms with Gasteiger partial charge in [-0.2, -0.15) is 5.10 Å². The van der Waals surface area contributed by atoms with E-state index < -0.39 is 11.7 Å². The van der Waals surface area contributed by atoms with Crippen LogP contribution in [0.25, 0.3) is 10.8 Å². The van der Waals surface area contributed by atoms with Gasteiger partial charge in [-0.15, -0.1) is 0 Å². The van der Waals surface area contributed by atoms with Gasteiger partial charge in [-0.1, -0.05) is 42.1 Å². The van der Waals surface area contributed by atoms with E-state index in [2.05, 4.69) is 22.5 Å². The normalized spacial score (nSPS) is 11.4. The lowest BCUT2D eigenvalue weighted by molar-refractivity contribution is 0.0636. The number of hydrogen-bond donors (Lipinski definition) is 1. The molecule has 0 aliphatic heterocycles. The average molecular weight is 460 g/mol. The topological polar surface area (TPSA) is 73.2 Å². The van der Waals surface area contributed by atoms with Crippen LogP contribution < -0.4 is 10.9 Å². The SMILES string of the molecule is CC(C)(C)OC(=O)Nc1cccc(Cn2ncc3cc(Sc4ccccc4)ccc3c2=O)c1. The minimum Gasteiger partial charge on any atom is -0.444 e. The Morgan fingerprint density at radius 2 is 1.79 bits per heavy atom. The summed E-state index contributed by atoms with van der Waals surface area (Å²) < 4.78 is 6.72. The van der Waals surface area contributed by atoms with E-state index in [4.69, 9.17) is 4.74 Å². The average Bonchev–Trinajstić information content (AvgIpc) is 2.75. The van der Waals surface area contributed by atoms with Crippen LogP contribution in [0.4, 0.5) is 10.5 Å². The molecule has 6 nitrogen and oxygen atoms in total. The molecule has 1 N–H and O–H groups in total. The number of carbonyl (C=O) groups is 1. The Kier molecular flexibility index (Phi) is 6.51. The quantitative estimate of drug-likeness (QED) is 0.400. The Morgan fingerprint density at radius 1 is 1.00 bits per heavy atom. The molecular weight excluding hydrogens is 434 g/mol. The molecule has 0 atom stereocenters. The predicted molar refractivity (Wildman–Crippen MR) is 132 cm³/mol. The van der Waals surface area contributed by atoms with Gasteiger partial charge in [0.2, 0.25) is 0 Å². The van der Waals surface area contributed by atoms with Crippen molar-refractivity contribution >= 4 is 34.3 Å². The number of carbonyl (C=O) groups excluding carboxylic acids is 1. The largest absolute Gasteiger partial charge is 0.444 e. The third-order valence-corrected chi connectivity index (χ3v) is 5.71. The standard InChI is InChI=1S/C26H25N3O3S/c1-26(2,3)32-25(31)28-20-9-7-8-18(14-20)17-29-24(30)23-13-12-22(15-19(23)16-27-29)33-21-10-5-4-6-11-21/h4-16H,17H2,1-3H3,(H,28,31). The summed E-state index contributed by atoms with van der Waals surface area (Å²) in [5.41, 5.74) is 0.699. The van der Waals surface area contributed by atoms with Crippen molar-refractivity contribution in [3.8, 4) is 0 Å². The summed E-state index contributed by atoms with van der Waals surface area (Å²) in [6.07, 6.45) is 1.19. The molecule has 0 saturated heterocycles. The van der Waals surface area contributed by atoms with Crippen LogP contribution in [-0.4, -0.2) is 21.5 Å². The third kappa shape index (κ3) is 6.02. The van der Waals surface area contributed by atoms with Crippen molar-refractivity contribution in [3.05, 3.63) is 94.9 Å². The second-order valence-electron chi connectivity index (χ2n) is 8.60. The lowest BCUT2D eigenvalue weighted by Gasteiger charge is -2.19. The minimum absolute atomic E-state index is 0.158. The highest BCUT2D eigenvalue weighted by atomic mass is 32.2. The molecule has 4 rings (SSSR count). The number of benzene rings is 3. The maximum absolute atomic E-state index is 13.0. The maximum Gasteiger partial charge on any atom is 0.412 e. The van der Waals surface area contributed by atoms with E-state index in [9.17, 15) is 9.59 Å². The molecular formula is C26H25N3O3S. The van der Waals surface area contributed by atoms with Gasteiger partial charge in [0.25, 0.3) is 5.56 Å². The Labute approximate surface area is 196 Å². The fourth-order valence-electron chi connectivity index (χ4n) is 3.31. The summed E-state index contributed by atoms with van der Waals surface area (Å²) in [5.74, 6) is 0. The molecule has 0 aliphatic rings. The molecule has 0 bridgehead atoms. The first kappa shape index (κ1) is 22.6. The van der Waals surface area contributed by atoms with Crippen LogP contribution >= 0.6 is 11.8 Å². The zero-order chi connectivity index (χ0) is 23.4. The van der Waals surface area contributed by atoms with Crippen molar-refractivity contribution in [2.45, 2.75) is 42.7 Å². The van der Waals surface area contributed by atoms with Gasteiger partial charge in [0, 0.05) is 20.9 Å². The Balaban J connectivity index is 1.52. The van der Waals surface area contributed by atoms with Gasteiger partial charge >= 0.3 is 6.09 Å². The molecule has 0 fully saturated rings. The van der Waals surface area contributed by atoms with Crippen molar-refractivity contribution < 1.29 is 9.53 Å². The molecule has 0 radical (unpaired) electrons. The van der Waals surface area contributed by atoms with Gasteiger partial charge in [-0.3, -0.25) is 10.1 Å². The van der Waals surface area contributed by atoms with Crippen LogP contribution in [0.3, 0.4) is 0 Å². The molecule has 1 heterocycles. The fourth-order valence-corrected chi connectivity index (χ4v) is 4.20. The molecule has 0 saturated carbocycles. The highest BCUT2D eigenvalue weighted by Gasteiger charge is 2.16. The van der Waals surface area contributed by atoms with Gasteiger partial charge in [0.05, 0.1) is 18.1 Å². The molecule has 7 heteroatoms. The van der Waals surface area contributed by atoms with Crippen molar-refractivity contribution in [3.63, 3.8) is 0 Å². The van der Waals surface area contributed by atoms with E-state index in [1.165, 1.54) is 4.68 Å². The van der Waals surface area contributed by atoms with Crippen molar-refractivity contribution in [2.75, 3.05) is 5.32 Å². The highest BCUT2D eigenvalue weighted by molar-refractivity contribution is 7.99. The van der Waals surface area contributed by atoms with Gasteiger partial charge in [-0.25, -0.2) is 9.48 Å². The first-order valence-corrected chi connectivity index (χ1v) is 11.4. The molecule has 1 aromatic heterocycles. The molecule has 0 spiro atoms. The number of hydrogen-bond acceptors (Lipinski definition) is 5. The lowest BCUT2D eigenvalue weighted by atomic mass is 10.2. The number of amides is 1. The summed E-state index contributed by atoms with van der Waals surface area (Å²) in [4.78, 5) is 27.3. The number of nitrogens with zero attached hydrogens (tertiary/aromatic N) is 2. The number of aromatic nitrogens is 2. The first-order chi connectivity index (χ1) is 15.8. The highest BCUT2D eigenvalue weighted by Crippen LogP contribution is 2.29. The zero-order valence-corrected chi connectivity index (χ0v) is 19.6. The summed E-state index contributed by atoms with van der Waals surface area (Å²) >= 11 is 1.64. The van der Waals surface area contributed by atoms with Crippen LogP contribution in [0.15, 0.2) is 93.6 Å². The van der Waals surface area contributed by atoms with Crippen LogP contribution in [0.1, 0.15) is 26.3 Å². The van der Waals surface area contributed by atoms with Crippen LogP contribution in [0, 0.1) is 0 Å². The van der Waals surface area contributed by atoms with Crippen LogP contribution in [0.2, 0.25) is 0 Å². The summed E-state index contributed by atoms with van der Waals surface area (Å²) in [6.45, 7) is 5.72. The van der Waals surface area contributed by atoms with E-state index in [0.717, 1.165) is 20.7 Å². The van der Waals surface area contributed by atoms with Crippen molar-refractivity contribution in [2.24, 2.45) is 0 Å². The number of nitrogens with one attached hydrogen (secondary N) is 1. The number of ether oxygens (including phenoxy) is 1.